The zero-order valence-corrected chi connectivity index (χ0v) is 13.0. The summed E-state index contributed by atoms with van der Waals surface area (Å²) in [6, 6.07) is 5.11. The minimum absolute atomic E-state index is 0.306. The van der Waals surface area contributed by atoms with Crippen LogP contribution in [0.5, 0.6) is 0 Å². The lowest BCUT2D eigenvalue weighted by molar-refractivity contribution is 0.603. The molecular formula is C11H11BrN2O2S2. The van der Waals surface area contributed by atoms with Crippen LogP contribution < -0.4 is 4.72 Å². The number of hydrogen-bond acceptors (Lipinski definition) is 4. The minimum Gasteiger partial charge on any atom is -0.277 e. The Morgan fingerprint density at radius 2 is 2.06 bits per heavy atom. The van der Waals surface area contributed by atoms with E-state index >= 15 is 0 Å². The quantitative estimate of drug-likeness (QED) is 0.867. The molecule has 0 spiro atoms. The Hall–Kier alpha value is -0.920. The van der Waals surface area contributed by atoms with Gasteiger partial charge in [-0.1, -0.05) is 0 Å². The molecule has 0 saturated heterocycles. The van der Waals surface area contributed by atoms with Crippen molar-refractivity contribution in [3.8, 4) is 0 Å². The Bertz CT molecular complexity index is 680. The molecule has 96 valence electrons. The van der Waals surface area contributed by atoms with Crippen LogP contribution in [0.25, 0.3) is 0 Å². The molecule has 0 aliphatic rings. The largest absolute Gasteiger partial charge is 0.277 e. The number of anilines is 1. The molecule has 0 amide bonds. The molecule has 2 heterocycles. The molecule has 2 rings (SSSR count). The number of rotatable bonds is 3. The highest BCUT2D eigenvalue weighted by molar-refractivity contribution is 9.10. The Labute approximate surface area is 118 Å². The first-order valence-corrected chi connectivity index (χ1v) is 8.19. The van der Waals surface area contributed by atoms with E-state index in [-0.39, 0.29) is 0 Å². The van der Waals surface area contributed by atoms with Crippen molar-refractivity contribution in [3.63, 3.8) is 0 Å². The highest BCUT2D eigenvalue weighted by Gasteiger charge is 2.16. The lowest BCUT2D eigenvalue weighted by Gasteiger charge is -2.07. The van der Waals surface area contributed by atoms with Crippen LogP contribution in [0.4, 0.5) is 5.69 Å². The number of nitrogens with zero attached hydrogens (tertiary/aromatic N) is 1. The number of pyridine rings is 1. The van der Waals surface area contributed by atoms with Crippen molar-refractivity contribution in [1.82, 2.24) is 4.98 Å². The van der Waals surface area contributed by atoms with Crippen LogP contribution in [0.2, 0.25) is 0 Å². The predicted octanol–water partition coefficient (Wildman–Crippen LogP) is 3.32. The second-order valence-corrected chi connectivity index (χ2v) is 7.75. The van der Waals surface area contributed by atoms with Gasteiger partial charge in [-0.3, -0.25) is 4.72 Å². The minimum atomic E-state index is -3.51. The van der Waals surface area contributed by atoms with Gasteiger partial charge < -0.3 is 0 Å². The molecule has 7 heteroatoms. The third kappa shape index (κ3) is 2.90. The van der Waals surface area contributed by atoms with E-state index in [1.807, 2.05) is 13.8 Å². The summed E-state index contributed by atoms with van der Waals surface area (Å²) in [7, 11) is -3.51. The summed E-state index contributed by atoms with van der Waals surface area (Å²) >= 11 is 4.51. The number of hydrogen-bond donors (Lipinski definition) is 1. The predicted molar refractivity (Wildman–Crippen MR) is 76.5 cm³/mol. The van der Waals surface area contributed by atoms with E-state index in [0.29, 0.717) is 14.5 Å². The molecule has 0 aromatic carbocycles. The van der Waals surface area contributed by atoms with Gasteiger partial charge in [-0.25, -0.2) is 13.4 Å². The summed E-state index contributed by atoms with van der Waals surface area (Å²) in [6.45, 7) is 3.72. The van der Waals surface area contributed by atoms with Crippen molar-refractivity contribution < 1.29 is 8.42 Å². The molecule has 0 fully saturated rings. The van der Waals surface area contributed by atoms with Gasteiger partial charge in [0.2, 0.25) is 0 Å². The van der Waals surface area contributed by atoms with E-state index in [4.69, 9.17) is 0 Å². The number of thiophene rings is 1. The van der Waals surface area contributed by atoms with Crippen LogP contribution in [0.1, 0.15) is 10.4 Å². The van der Waals surface area contributed by atoms with E-state index in [1.165, 1.54) is 17.5 Å². The number of halogens is 1. The van der Waals surface area contributed by atoms with E-state index < -0.39 is 10.0 Å². The average molecular weight is 347 g/mol. The molecule has 2 aromatic rings. The Kier molecular flexibility index (Phi) is 3.74. The molecule has 0 unspecified atom stereocenters. The van der Waals surface area contributed by atoms with Gasteiger partial charge in [0, 0.05) is 4.88 Å². The third-order valence-electron chi connectivity index (χ3n) is 2.25. The number of nitrogens with one attached hydrogen (secondary N) is 1. The summed E-state index contributed by atoms with van der Waals surface area (Å²) in [6.07, 6.45) is 1.48. The fourth-order valence-electron chi connectivity index (χ4n) is 1.38. The van der Waals surface area contributed by atoms with Gasteiger partial charge >= 0.3 is 0 Å². The van der Waals surface area contributed by atoms with Crippen molar-refractivity contribution in [2.45, 2.75) is 18.1 Å². The highest BCUT2D eigenvalue weighted by atomic mass is 79.9. The third-order valence-corrected chi connectivity index (χ3v) is 5.95. The molecule has 0 saturated carbocycles. The first kappa shape index (κ1) is 13.5. The van der Waals surface area contributed by atoms with Crippen molar-refractivity contribution in [1.29, 1.82) is 0 Å². The highest BCUT2D eigenvalue weighted by Crippen LogP contribution is 2.24. The van der Waals surface area contributed by atoms with E-state index in [0.717, 1.165) is 10.4 Å². The lowest BCUT2D eigenvalue weighted by atomic mass is 10.3. The molecule has 0 aliphatic heterocycles. The standard InChI is InChI=1S/C11H11BrN2O2S2/c1-7-5-9(6-13-11(7)12)14-18(15,16)10-4-3-8(2)17-10/h3-6,14H,1-2H3. The van der Waals surface area contributed by atoms with E-state index in [2.05, 4.69) is 25.6 Å². The maximum atomic E-state index is 12.1. The van der Waals surface area contributed by atoms with Gasteiger partial charge in [0.05, 0.1) is 11.9 Å². The number of aromatic nitrogens is 1. The maximum absolute atomic E-state index is 12.1. The fraction of sp³-hybridized carbons (Fsp3) is 0.182. The second-order valence-electron chi connectivity index (χ2n) is 3.80. The van der Waals surface area contributed by atoms with Crippen LogP contribution >= 0.6 is 27.3 Å². The van der Waals surface area contributed by atoms with Crippen molar-refractivity contribution in [2.75, 3.05) is 4.72 Å². The monoisotopic (exact) mass is 346 g/mol. The maximum Gasteiger partial charge on any atom is 0.271 e. The van der Waals surface area contributed by atoms with Crippen LogP contribution in [0, 0.1) is 13.8 Å². The lowest BCUT2D eigenvalue weighted by Crippen LogP contribution is -2.11. The summed E-state index contributed by atoms with van der Waals surface area (Å²) in [4.78, 5) is 5.01. The van der Waals surface area contributed by atoms with Gasteiger partial charge in [-0.15, -0.1) is 11.3 Å². The number of sulfonamides is 1. The molecule has 1 N–H and O–H groups in total. The molecule has 0 radical (unpaired) electrons. The zero-order chi connectivity index (χ0) is 13.3. The SMILES string of the molecule is Cc1ccc(S(=O)(=O)Nc2cnc(Br)c(C)c2)s1. The second kappa shape index (κ2) is 4.99. The van der Waals surface area contributed by atoms with Crippen molar-refractivity contribution in [2.24, 2.45) is 0 Å². The molecular weight excluding hydrogens is 336 g/mol. The number of aryl methyl sites for hydroxylation is 2. The topological polar surface area (TPSA) is 59.1 Å². The average Bonchev–Trinajstić information content (AvgIpc) is 2.71. The van der Waals surface area contributed by atoms with Gasteiger partial charge in [0.25, 0.3) is 10.0 Å². The molecule has 18 heavy (non-hydrogen) atoms. The smallest absolute Gasteiger partial charge is 0.271 e. The van der Waals surface area contributed by atoms with E-state index in [9.17, 15) is 8.42 Å². The Morgan fingerprint density at radius 1 is 1.33 bits per heavy atom. The summed E-state index contributed by atoms with van der Waals surface area (Å²) in [5, 5.41) is 0. The summed E-state index contributed by atoms with van der Waals surface area (Å²) in [5.74, 6) is 0. The Balaban J connectivity index is 2.30. The molecule has 0 aliphatic carbocycles. The summed E-state index contributed by atoms with van der Waals surface area (Å²) in [5.41, 5.74) is 1.33. The van der Waals surface area contributed by atoms with Gasteiger partial charge in [0.1, 0.15) is 8.81 Å². The van der Waals surface area contributed by atoms with E-state index in [1.54, 1.807) is 18.2 Å². The normalized spacial score (nSPS) is 11.5. The Morgan fingerprint density at radius 3 is 2.61 bits per heavy atom. The van der Waals surface area contributed by atoms with Crippen molar-refractivity contribution >= 4 is 43.0 Å². The summed E-state index contributed by atoms with van der Waals surface area (Å²) < 4.78 is 27.7. The fourth-order valence-corrected chi connectivity index (χ4v) is 3.91. The molecule has 0 bridgehead atoms. The first-order chi connectivity index (χ1) is 8.38. The van der Waals surface area contributed by atoms with Crippen molar-refractivity contribution in [3.05, 3.63) is 39.4 Å². The van der Waals surface area contributed by atoms with Gasteiger partial charge in [-0.2, -0.15) is 0 Å². The van der Waals surface area contributed by atoms with Crippen LogP contribution in [-0.2, 0) is 10.0 Å². The first-order valence-electron chi connectivity index (χ1n) is 5.10. The van der Waals surface area contributed by atoms with Gasteiger partial charge in [-0.05, 0) is 53.5 Å². The molecule has 2 aromatic heterocycles. The molecule has 4 nitrogen and oxygen atoms in total. The van der Waals surface area contributed by atoms with Gasteiger partial charge in [0.15, 0.2) is 0 Å². The van der Waals surface area contributed by atoms with Crippen LogP contribution in [0.3, 0.4) is 0 Å². The van der Waals surface area contributed by atoms with Crippen LogP contribution in [0.15, 0.2) is 33.2 Å². The zero-order valence-electron chi connectivity index (χ0n) is 9.77. The van der Waals surface area contributed by atoms with Crippen LogP contribution in [-0.4, -0.2) is 13.4 Å². The molecule has 0 atom stereocenters.